The van der Waals surface area contributed by atoms with Crippen LogP contribution in [0.1, 0.15) is 42.7 Å². The van der Waals surface area contributed by atoms with Crippen molar-refractivity contribution in [1.29, 1.82) is 0 Å². The third kappa shape index (κ3) is 5.78. The Labute approximate surface area is 210 Å². The van der Waals surface area contributed by atoms with Crippen molar-refractivity contribution in [2.45, 2.75) is 43.9 Å². The first-order valence-corrected chi connectivity index (χ1v) is 12.2. The smallest absolute Gasteiger partial charge is 0.416 e. The van der Waals surface area contributed by atoms with Gasteiger partial charge in [0.15, 0.2) is 16.7 Å². The van der Waals surface area contributed by atoms with E-state index in [0.29, 0.717) is 16.5 Å². The molecule has 36 heavy (non-hydrogen) atoms. The van der Waals surface area contributed by atoms with Crippen molar-refractivity contribution >= 4 is 17.7 Å². The van der Waals surface area contributed by atoms with Crippen LogP contribution in [0.5, 0.6) is 0 Å². The molecular formula is C25H24F3N5O2S. The van der Waals surface area contributed by atoms with Crippen LogP contribution in [-0.2, 0) is 11.9 Å². The summed E-state index contributed by atoms with van der Waals surface area (Å²) < 4.78 is 47.2. The van der Waals surface area contributed by atoms with Gasteiger partial charge < -0.3 is 9.73 Å². The van der Waals surface area contributed by atoms with Gasteiger partial charge in [-0.25, -0.2) is 4.98 Å². The summed E-state index contributed by atoms with van der Waals surface area (Å²) in [6, 6.07) is 14.0. The molecule has 2 aromatic heterocycles. The normalized spacial score (nSPS) is 12.6. The van der Waals surface area contributed by atoms with Gasteiger partial charge in [0.05, 0.1) is 17.0 Å². The number of alkyl halides is 3. The van der Waals surface area contributed by atoms with Gasteiger partial charge in [0, 0.05) is 11.6 Å². The number of amides is 1. The molecule has 0 saturated carbocycles. The molecule has 4 rings (SSSR count). The molecule has 2 aromatic carbocycles. The SMILES string of the molecule is CC(C)C(C)NC(=O)c1coc(CSc2nnc(-c3ccccc3)n2-c2cccc(C(F)(F)F)c2)n1. The second-order valence-electron chi connectivity index (χ2n) is 8.48. The Morgan fingerprint density at radius 3 is 2.53 bits per heavy atom. The van der Waals surface area contributed by atoms with Gasteiger partial charge in [0.25, 0.3) is 5.91 Å². The zero-order chi connectivity index (χ0) is 25.9. The molecule has 0 spiro atoms. The van der Waals surface area contributed by atoms with Crippen molar-refractivity contribution in [2.75, 3.05) is 0 Å². The predicted octanol–water partition coefficient (Wildman–Crippen LogP) is 6.01. The van der Waals surface area contributed by atoms with E-state index in [4.69, 9.17) is 4.42 Å². The number of halogens is 3. The van der Waals surface area contributed by atoms with Gasteiger partial charge >= 0.3 is 6.18 Å². The number of carbonyl (C=O) groups excluding carboxylic acids is 1. The van der Waals surface area contributed by atoms with Crippen molar-refractivity contribution in [3.8, 4) is 17.1 Å². The molecule has 1 N–H and O–H groups in total. The first kappa shape index (κ1) is 25.5. The largest absolute Gasteiger partial charge is 0.447 e. The lowest BCUT2D eigenvalue weighted by atomic mass is 10.1. The van der Waals surface area contributed by atoms with Crippen molar-refractivity contribution < 1.29 is 22.4 Å². The molecule has 7 nitrogen and oxygen atoms in total. The van der Waals surface area contributed by atoms with Gasteiger partial charge in [-0.05, 0) is 31.0 Å². The number of thioether (sulfide) groups is 1. The number of carbonyl (C=O) groups is 1. The molecule has 0 aliphatic carbocycles. The average Bonchev–Trinajstić information content (AvgIpc) is 3.50. The highest BCUT2D eigenvalue weighted by Crippen LogP contribution is 2.34. The number of rotatable bonds is 8. The molecule has 11 heteroatoms. The van der Waals surface area contributed by atoms with Crippen LogP contribution in [0.3, 0.4) is 0 Å². The van der Waals surface area contributed by atoms with E-state index in [-0.39, 0.29) is 40.9 Å². The van der Waals surface area contributed by atoms with E-state index in [0.717, 1.165) is 12.1 Å². The van der Waals surface area contributed by atoms with Gasteiger partial charge in [-0.1, -0.05) is 62.0 Å². The number of benzene rings is 2. The lowest BCUT2D eigenvalue weighted by Gasteiger charge is -2.16. The third-order valence-electron chi connectivity index (χ3n) is 5.56. The highest BCUT2D eigenvalue weighted by molar-refractivity contribution is 7.98. The van der Waals surface area contributed by atoms with E-state index >= 15 is 0 Å². The summed E-state index contributed by atoms with van der Waals surface area (Å²) in [6.45, 7) is 5.91. The topological polar surface area (TPSA) is 85.8 Å². The summed E-state index contributed by atoms with van der Waals surface area (Å²) in [5, 5.41) is 11.7. The van der Waals surface area contributed by atoms with Gasteiger partial charge in [-0.3, -0.25) is 9.36 Å². The lowest BCUT2D eigenvalue weighted by molar-refractivity contribution is -0.137. The molecule has 1 unspecified atom stereocenters. The minimum atomic E-state index is -4.49. The molecule has 1 amide bonds. The maximum absolute atomic E-state index is 13.4. The summed E-state index contributed by atoms with van der Waals surface area (Å²) >= 11 is 1.19. The molecule has 0 fully saturated rings. The van der Waals surface area contributed by atoms with Crippen LogP contribution in [0.4, 0.5) is 13.2 Å². The van der Waals surface area contributed by atoms with E-state index in [9.17, 15) is 18.0 Å². The molecule has 0 aliphatic heterocycles. The number of oxazole rings is 1. The monoisotopic (exact) mass is 515 g/mol. The Morgan fingerprint density at radius 1 is 1.08 bits per heavy atom. The van der Waals surface area contributed by atoms with E-state index in [2.05, 4.69) is 20.5 Å². The second kappa shape index (κ2) is 10.6. The minimum absolute atomic E-state index is 0.0329. The molecule has 0 saturated heterocycles. The molecular weight excluding hydrogens is 491 g/mol. The van der Waals surface area contributed by atoms with Gasteiger partial charge in [-0.15, -0.1) is 10.2 Å². The molecule has 4 aromatic rings. The molecule has 0 aliphatic rings. The maximum Gasteiger partial charge on any atom is 0.416 e. The highest BCUT2D eigenvalue weighted by atomic mass is 32.2. The van der Waals surface area contributed by atoms with E-state index in [1.54, 1.807) is 22.8 Å². The van der Waals surface area contributed by atoms with Crippen LogP contribution < -0.4 is 5.32 Å². The molecule has 0 radical (unpaired) electrons. The number of nitrogens with zero attached hydrogens (tertiary/aromatic N) is 4. The van der Waals surface area contributed by atoms with Crippen LogP contribution in [0.25, 0.3) is 17.1 Å². The zero-order valence-corrected chi connectivity index (χ0v) is 20.6. The standard InChI is InChI=1S/C25H24F3N5O2S/c1-15(2)16(3)29-23(34)20-13-35-21(30-20)14-36-24-32-31-22(17-8-5-4-6-9-17)33(24)19-11-7-10-18(12-19)25(26,27)28/h4-13,15-16H,14H2,1-3H3,(H,29,34). The van der Waals surface area contributed by atoms with Crippen molar-refractivity contribution in [2.24, 2.45) is 5.92 Å². The fourth-order valence-corrected chi connectivity index (χ4v) is 4.05. The average molecular weight is 516 g/mol. The van der Waals surface area contributed by atoms with Crippen LogP contribution in [0.15, 0.2) is 70.4 Å². The first-order chi connectivity index (χ1) is 17.1. The minimum Gasteiger partial charge on any atom is -0.447 e. The first-order valence-electron chi connectivity index (χ1n) is 11.2. The van der Waals surface area contributed by atoms with Crippen molar-refractivity contribution in [3.05, 3.63) is 78.0 Å². The van der Waals surface area contributed by atoms with E-state index in [1.165, 1.54) is 24.1 Å². The number of hydrogen-bond acceptors (Lipinski definition) is 6. The maximum atomic E-state index is 13.4. The highest BCUT2D eigenvalue weighted by Gasteiger charge is 2.31. The molecule has 2 heterocycles. The van der Waals surface area contributed by atoms with Gasteiger partial charge in [-0.2, -0.15) is 13.2 Å². The number of nitrogens with one attached hydrogen (secondary N) is 1. The van der Waals surface area contributed by atoms with Crippen molar-refractivity contribution in [3.63, 3.8) is 0 Å². The van der Waals surface area contributed by atoms with Gasteiger partial charge in [0.2, 0.25) is 5.89 Å². The number of aromatic nitrogens is 4. The Hall–Kier alpha value is -3.60. The van der Waals surface area contributed by atoms with Crippen LogP contribution in [-0.4, -0.2) is 31.7 Å². The molecule has 0 bridgehead atoms. The number of hydrogen-bond donors (Lipinski definition) is 1. The summed E-state index contributed by atoms with van der Waals surface area (Å²) in [5.41, 5.74) is 0.347. The van der Waals surface area contributed by atoms with Gasteiger partial charge in [0.1, 0.15) is 6.26 Å². The Kier molecular flexibility index (Phi) is 7.48. The van der Waals surface area contributed by atoms with E-state index < -0.39 is 11.7 Å². The molecule has 1 atom stereocenters. The van der Waals surface area contributed by atoms with E-state index in [1.807, 2.05) is 39.0 Å². The van der Waals surface area contributed by atoms with Crippen LogP contribution in [0.2, 0.25) is 0 Å². The zero-order valence-electron chi connectivity index (χ0n) is 19.8. The van der Waals surface area contributed by atoms with Crippen LogP contribution in [0, 0.1) is 5.92 Å². The third-order valence-corrected chi connectivity index (χ3v) is 6.48. The van der Waals surface area contributed by atoms with Crippen LogP contribution >= 0.6 is 11.8 Å². The Bertz CT molecular complexity index is 1330. The predicted molar refractivity (Wildman–Crippen MR) is 130 cm³/mol. The second-order valence-corrected chi connectivity index (χ2v) is 9.42. The fourth-order valence-electron chi connectivity index (χ4n) is 3.25. The summed E-state index contributed by atoms with van der Waals surface area (Å²) in [5.74, 6) is 0.792. The Balaban J connectivity index is 1.61. The summed E-state index contributed by atoms with van der Waals surface area (Å²) in [6.07, 6.45) is -3.21. The fraction of sp³-hybridized carbons (Fsp3) is 0.280. The summed E-state index contributed by atoms with van der Waals surface area (Å²) in [7, 11) is 0. The lowest BCUT2D eigenvalue weighted by Crippen LogP contribution is -2.36. The quantitative estimate of drug-likeness (QED) is 0.289. The summed E-state index contributed by atoms with van der Waals surface area (Å²) in [4.78, 5) is 16.6. The molecule has 188 valence electrons. The van der Waals surface area contributed by atoms with Crippen molar-refractivity contribution in [1.82, 2.24) is 25.1 Å². The Morgan fingerprint density at radius 2 is 1.83 bits per heavy atom.